The summed E-state index contributed by atoms with van der Waals surface area (Å²) in [7, 11) is 0. The van der Waals surface area contributed by atoms with E-state index < -0.39 is 5.97 Å². The highest BCUT2D eigenvalue weighted by atomic mass is 16.4. The third-order valence-electron chi connectivity index (χ3n) is 1.39. The Hall–Kier alpha value is -0.990. The number of allylic oxidation sites excluding steroid dienone is 1. The molecule has 3 nitrogen and oxygen atoms in total. The molecule has 2 N–H and O–H groups in total. The Morgan fingerprint density at radius 2 is 1.50 bits per heavy atom. The van der Waals surface area contributed by atoms with Crippen molar-refractivity contribution in [2.24, 2.45) is 0 Å². The van der Waals surface area contributed by atoms with Crippen LogP contribution in [0, 0.1) is 0 Å². The van der Waals surface area contributed by atoms with Gasteiger partial charge in [-0.2, -0.15) is 0 Å². The Bertz CT molecular complexity index is 133. The lowest BCUT2D eigenvalue weighted by molar-refractivity contribution is -0.136. The Morgan fingerprint density at radius 3 is 1.50 bits per heavy atom. The van der Waals surface area contributed by atoms with Crippen LogP contribution in [0.3, 0.4) is 0 Å². The van der Waals surface area contributed by atoms with Gasteiger partial charge in [0.2, 0.25) is 0 Å². The van der Waals surface area contributed by atoms with Gasteiger partial charge in [-0.15, -0.1) is 0 Å². The maximum Gasteiger partial charge on any atom is 0.303 e. The highest BCUT2D eigenvalue weighted by Crippen LogP contribution is 2.01. The first-order valence-electron chi connectivity index (χ1n) is 4.16. The number of carboxylic acid groups (broad SMARTS) is 1. The molecule has 0 saturated carbocycles. The van der Waals surface area contributed by atoms with E-state index in [1.165, 1.54) is 6.26 Å². The molecule has 0 aliphatic heterocycles. The molecule has 0 aromatic rings. The van der Waals surface area contributed by atoms with Crippen molar-refractivity contribution in [2.45, 2.75) is 40.0 Å². The van der Waals surface area contributed by atoms with Crippen LogP contribution in [0.4, 0.5) is 0 Å². The summed E-state index contributed by atoms with van der Waals surface area (Å²) in [6.07, 6.45) is 3.35. The van der Waals surface area contributed by atoms with Gasteiger partial charge in [0, 0.05) is 6.42 Å². The fourth-order valence-corrected chi connectivity index (χ4v) is 0.433. The van der Waals surface area contributed by atoms with Crippen molar-refractivity contribution in [3.63, 3.8) is 0 Å². The number of rotatable bonds is 3. The molecule has 0 spiro atoms. The fourth-order valence-electron chi connectivity index (χ4n) is 0.433. The number of carboxylic acids is 1. The molecular weight excluding hydrogens is 156 g/mol. The van der Waals surface area contributed by atoms with E-state index in [1.807, 2.05) is 13.8 Å². The van der Waals surface area contributed by atoms with E-state index >= 15 is 0 Å². The summed E-state index contributed by atoms with van der Waals surface area (Å²) < 4.78 is 0. The molecule has 0 unspecified atom stereocenters. The maximum absolute atomic E-state index is 9.37. The molecule has 0 atom stereocenters. The van der Waals surface area contributed by atoms with Gasteiger partial charge in [-0.3, -0.25) is 4.79 Å². The van der Waals surface area contributed by atoms with Gasteiger partial charge in [0.25, 0.3) is 0 Å². The Balaban J connectivity index is 0. The molecule has 0 amide bonds. The average molecular weight is 174 g/mol. The van der Waals surface area contributed by atoms with Crippen molar-refractivity contribution in [1.29, 1.82) is 0 Å². The van der Waals surface area contributed by atoms with Crippen molar-refractivity contribution in [2.75, 3.05) is 0 Å². The summed E-state index contributed by atoms with van der Waals surface area (Å²) >= 11 is 0. The van der Waals surface area contributed by atoms with Crippen LogP contribution in [0.1, 0.15) is 40.0 Å². The van der Waals surface area contributed by atoms with E-state index in [0.29, 0.717) is 0 Å². The first-order chi connectivity index (χ1) is 5.62. The number of aliphatic hydroxyl groups excluding tert-OH is 1. The van der Waals surface area contributed by atoms with Gasteiger partial charge in [-0.05, 0) is 18.4 Å². The highest BCUT2D eigenvalue weighted by molar-refractivity contribution is 5.66. The normalized spacial score (nSPS) is 7.92. The van der Waals surface area contributed by atoms with Crippen molar-refractivity contribution in [3.8, 4) is 0 Å². The number of aliphatic hydroxyl groups is 1. The Kier molecular flexibility index (Phi) is 11.3. The van der Waals surface area contributed by atoms with Gasteiger partial charge < -0.3 is 10.2 Å². The lowest BCUT2D eigenvalue weighted by atomic mass is 10.2. The molecule has 12 heavy (non-hydrogen) atoms. The monoisotopic (exact) mass is 174 g/mol. The zero-order valence-electron chi connectivity index (χ0n) is 8.00. The standard InChI is InChI=1S/C6H12O.C3H6O2/c1-3-6(4-2)5-7;1-2-3(4)5/h5,7H,3-4H2,1-2H3;2H2,1H3,(H,4,5). The third kappa shape index (κ3) is 11.8. The van der Waals surface area contributed by atoms with Gasteiger partial charge in [0.05, 0.1) is 6.26 Å². The zero-order chi connectivity index (χ0) is 9.98. The number of aliphatic carboxylic acids is 1. The first-order valence-corrected chi connectivity index (χ1v) is 4.16. The van der Waals surface area contributed by atoms with E-state index in [4.69, 9.17) is 10.2 Å². The molecule has 0 saturated heterocycles. The van der Waals surface area contributed by atoms with E-state index in [9.17, 15) is 4.79 Å². The van der Waals surface area contributed by atoms with Crippen molar-refractivity contribution in [3.05, 3.63) is 11.8 Å². The van der Waals surface area contributed by atoms with E-state index in [1.54, 1.807) is 6.92 Å². The second kappa shape index (κ2) is 10.0. The molecule has 0 bridgehead atoms. The van der Waals surface area contributed by atoms with Crippen LogP contribution in [0.2, 0.25) is 0 Å². The summed E-state index contributed by atoms with van der Waals surface area (Å²) in [5.41, 5.74) is 1.11. The molecule has 0 aliphatic carbocycles. The summed E-state index contributed by atoms with van der Waals surface area (Å²) in [4.78, 5) is 9.37. The zero-order valence-corrected chi connectivity index (χ0v) is 8.00. The maximum atomic E-state index is 9.37. The Labute approximate surface area is 73.7 Å². The minimum Gasteiger partial charge on any atom is -0.516 e. The lowest BCUT2D eigenvalue weighted by Crippen LogP contribution is -1.86. The van der Waals surface area contributed by atoms with Gasteiger partial charge in [-0.25, -0.2) is 0 Å². The molecule has 0 heterocycles. The smallest absolute Gasteiger partial charge is 0.303 e. The predicted molar refractivity (Wildman–Crippen MR) is 49.2 cm³/mol. The number of carbonyl (C=O) groups is 1. The minimum atomic E-state index is -0.745. The fraction of sp³-hybridized carbons (Fsp3) is 0.667. The second-order valence-corrected chi connectivity index (χ2v) is 2.24. The van der Waals surface area contributed by atoms with Gasteiger partial charge in [0.1, 0.15) is 0 Å². The molecular formula is C9H18O3. The molecule has 0 rings (SSSR count). The summed E-state index contributed by atoms with van der Waals surface area (Å²) in [5.74, 6) is -0.745. The largest absolute Gasteiger partial charge is 0.516 e. The topological polar surface area (TPSA) is 57.5 Å². The van der Waals surface area contributed by atoms with Gasteiger partial charge >= 0.3 is 5.97 Å². The van der Waals surface area contributed by atoms with Crippen LogP contribution in [0.25, 0.3) is 0 Å². The van der Waals surface area contributed by atoms with Crippen LogP contribution in [-0.2, 0) is 4.79 Å². The first kappa shape index (κ1) is 13.6. The van der Waals surface area contributed by atoms with E-state index in [0.717, 1.165) is 18.4 Å². The molecule has 0 radical (unpaired) electrons. The average Bonchev–Trinajstić information content (AvgIpc) is 2.09. The molecule has 0 aromatic heterocycles. The van der Waals surface area contributed by atoms with Crippen LogP contribution in [0.15, 0.2) is 11.8 Å². The van der Waals surface area contributed by atoms with Crippen LogP contribution in [-0.4, -0.2) is 16.2 Å². The number of hydrogen-bond acceptors (Lipinski definition) is 2. The van der Waals surface area contributed by atoms with Crippen molar-refractivity contribution in [1.82, 2.24) is 0 Å². The van der Waals surface area contributed by atoms with Gasteiger partial charge in [0.15, 0.2) is 0 Å². The molecule has 72 valence electrons. The SMILES string of the molecule is CCC(=CO)CC.CCC(=O)O. The Morgan fingerprint density at radius 1 is 1.17 bits per heavy atom. The molecule has 0 aliphatic rings. The molecule has 0 aromatic carbocycles. The summed E-state index contributed by atoms with van der Waals surface area (Å²) in [6.45, 7) is 5.67. The summed E-state index contributed by atoms with van der Waals surface area (Å²) in [6, 6.07) is 0. The van der Waals surface area contributed by atoms with E-state index in [2.05, 4.69) is 0 Å². The second-order valence-electron chi connectivity index (χ2n) is 2.24. The third-order valence-corrected chi connectivity index (χ3v) is 1.39. The summed E-state index contributed by atoms with van der Waals surface area (Å²) in [5, 5.41) is 16.1. The highest BCUT2D eigenvalue weighted by Gasteiger charge is 1.84. The predicted octanol–water partition coefficient (Wildman–Crippen LogP) is 2.73. The molecule has 0 fully saturated rings. The molecule has 3 heteroatoms. The van der Waals surface area contributed by atoms with Crippen LogP contribution < -0.4 is 0 Å². The van der Waals surface area contributed by atoms with Crippen LogP contribution >= 0.6 is 0 Å². The lowest BCUT2D eigenvalue weighted by Gasteiger charge is -1.91. The van der Waals surface area contributed by atoms with Crippen molar-refractivity contribution < 1.29 is 15.0 Å². The van der Waals surface area contributed by atoms with Gasteiger partial charge in [-0.1, -0.05) is 20.8 Å². The quantitative estimate of drug-likeness (QED) is 0.647. The van der Waals surface area contributed by atoms with E-state index in [-0.39, 0.29) is 6.42 Å². The minimum absolute atomic E-state index is 0.222. The van der Waals surface area contributed by atoms with Crippen molar-refractivity contribution >= 4 is 5.97 Å². The number of hydrogen-bond donors (Lipinski definition) is 2. The van der Waals surface area contributed by atoms with Crippen LogP contribution in [0.5, 0.6) is 0 Å².